The van der Waals surface area contributed by atoms with Crippen molar-refractivity contribution in [3.05, 3.63) is 30.3 Å². The van der Waals surface area contributed by atoms with Gasteiger partial charge in [-0.2, -0.15) is 0 Å². The summed E-state index contributed by atoms with van der Waals surface area (Å²) < 4.78 is 14.4. The van der Waals surface area contributed by atoms with Crippen molar-refractivity contribution in [2.45, 2.75) is 19.4 Å². The largest absolute Gasteiger partial charge is 0.508 e. The van der Waals surface area contributed by atoms with Crippen LogP contribution in [0.25, 0.3) is 0 Å². The SMILES string of the molecule is CCC(OC(=O)OC)C(=O)COc1ccccc1. The lowest BCUT2D eigenvalue weighted by atomic mass is 10.2. The number of rotatable bonds is 6. The highest BCUT2D eigenvalue weighted by molar-refractivity contribution is 5.86. The zero-order valence-electron chi connectivity index (χ0n) is 10.4. The zero-order chi connectivity index (χ0) is 13.4. The third-order valence-electron chi connectivity index (χ3n) is 2.26. The Morgan fingerprint density at radius 1 is 1.22 bits per heavy atom. The number of carbonyl (C=O) groups excluding carboxylic acids is 2. The van der Waals surface area contributed by atoms with Crippen molar-refractivity contribution in [3.63, 3.8) is 0 Å². The smallest absolute Gasteiger partial charge is 0.486 e. The molecule has 1 atom stereocenters. The van der Waals surface area contributed by atoms with Crippen molar-refractivity contribution >= 4 is 11.9 Å². The number of ether oxygens (including phenoxy) is 3. The molecule has 0 saturated heterocycles. The average Bonchev–Trinajstić information content (AvgIpc) is 2.42. The first-order valence-corrected chi connectivity index (χ1v) is 5.62. The van der Waals surface area contributed by atoms with E-state index in [0.29, 0.717) is 12.2 Å². The highest BCUT2D eigenvalue weighted by Crippen LogP contribution is 2.09. The molecular weight excluding hydrogens is 236 g/mol. The fourth-order valence-corrected chi connectivity index (χ4v) is 1.31. The topological polar surface area (TPSA) is 61.8 Å². The van der Waals surface area contributed by atoms with Crippen molar-refractivity contribution in [2.24, 2.45) is 0 Å². The molecule has 0 aliphatic rings. The first kappa shape index (κ1) is 14.0. The minimum atomic E-state index is -0.866. The molecule has 1 unspecified atom stereocenters. The molecule has 0 amide bonds. The van der Waals surface area contributed by atoms with E-state index in [-0.39, 0.29) is 12.4 Å². The number of hydrogen-bond donors (Lipinski definition) is 0. The number of carbonyl (C=O) groups is 2. The van der Waals surface area contributed by atoms with E-state index < -0.39 is 12.3 Å². The van der Waals surface area contributed by atoms with Gasteiger partial charge in [0.2, 0.25) is 5.78 Å². The molecule has 5 heteroatoms. The van der Waals surface area contributed by atoms with Gasteiger partial charge in [0.25, 0.3) is 0 Å². The Balaban J connectivity index is 2.45. The minimum Gasteiger partial charge on any atom is -0.486 e. The van der Waals surface area contributed by atoms with Crippen LogP contribution in [0.4, 0.5) is 4.79 Å². The Labute approximate surface area is 106 Å². The van der Waals surface area contributed by atoms with Gasteiger partial charge in [-0.15, -0.1) is 0 Å². The third kappa shape index (κ3) is 4.45. The summed E-state index contributed by atoms with van der Waals surface area (Å²) in [6.45, 7) is 1.60. The van der Waals surface area contributed by atoms with Crippen LogP contribution in [-0.4, -0.2) is 31.8 Å². The lowest BCUT2D eigenvalue weighted by Gasteiger charge is -2.14. The van der Waals surface area contributed by atoms with Crippen LogP contribution in [-0.2, 0) is 14.3 Å². The van der Waals surface area contributed by atoms with E-state index in [9.17, 15) is 9.59 Å². The Hall–Kier alpha value is -2.04. The van der Waals surface area contributed by atoms with E-state index in [0.717, 1.165) is 0 Å². The summed E-state index contributed by atoms with van der Waals surface area (Å²) in [5.41, 5.74) is 0. The summed E-state index contributed by atoms with van der Waals surface area (Å²) in [7, 11) is 1.19. The summed E-state index contributed by atoms with van der Waals surface area (Å²) >= 11 is 0. The van der Waals surface area contributed by atoms with Crippen LogP contribution in [0.5, 0.6) is 5.75 Å². The van der Waals surface area contributed by atoms with Gasteiger partial charge in [-0.1, -0.05) is 25.1 Å². The molecule has 0 aromatic heterocycles. The molecule has 0 N–H and O–H groups in total. The molecule has 0 saturated carbocycles. The van der Waals surface area contributed by atoms with Gasteiger partial charge in [0.05, 0.1) is 7.11 Å². The number of methoxy groups -OCH3 is 1. The van der Waals surface area contributed by atoms with Crippen LogP contribution in [0, 0.1) is 0 Å². The number of benzene rings is 1. The first-order chi connectivity index (χ1) is 8.67. The second-order valence-corrected chi connectivity index (χ2v) is 3.54. The number of Topliss-reactive ketones (excluding diaryl/α,β-unsaturated/α-hetero) is 1. The zero-order valence-corrected chi connectivity index (χ0v) is 10.4. The van der Waals surface area contributed by atoms with Crippen LogP contribution in [0.15, 0.2) is 30.3 Å². The Kier molecular flexibility index (Phi) is 5.70. The molecule has 5 nitrogen and oxygen atoms in total. The van der Waals surface area contributed by atoms with E-state index >= 15 is 0 Å². The van der Waals surface area contributed by atoms with Gasteiger partial charge < -0.3 is 14.2 Å². The highest BCUT2D eigenvalue weighted by atomic mass is 16.7. The molecule has 1 rings (SSSR count). The summed E-state index contributed by atoms with van der Waals surface area (Å²) in [5.74, 6) is 0.297. The molecule has 0 spiro atoms. The van der Waals surface area contributed by atoms with Crippen molar-refractivity contribution in [1.29, 1.82) is 0 Å². The summed E-state index contributed by atoms with van der Waals surface area (Å²) in [6, 6.07) is 8.96. The first-order valence-electron chi connectivity index (χ1n) is 5.62. The average molecular weight is 252 g/mol. The van der Waals surface area contributed by atoms with Crippen molar-refractivity contribution in [2.75, 3.05) is 13.7 Å². The molecule has 0 radical (unpaired) electrons. The van der Waals surface area contributed by atoms with E-state index in [1.807, 2.05) is 18.2 Å². The summed E-state index contributed by atoms with van der Waals surface area (Å²) in [4.78, 5) is 22.7. The normalized spacial score (nSPS) is 11.4. The second kappa shape index (κ2) is 7.32. The second-order valence-electron chi connectivity index (χ2n) is 3.54. The molecule has 0 aliphatic carbocycles. The van der Waals surface area contributed by atoms with E-state index in [2.05, 4.69) is 4.74 Å². The van der Waals surface area contributed by atoms with Gasteiger partial charge in [-0.05, 0) is 18.6 Å². The van der Waals surface area contributed by atoms with Crippen LogP contribution in [0.2, 0.25) is 0 Å². The predicted octanol–water partition coefficient (Wildman–Crippen LogP) is 2.20. The molecule has 1 aromatic carbocycles. The Morgan fingerprint density at radius 2 is 1.89 bits per heavy atom. The highest BCUT2D eigenvalue weighted by Gasteiger charge is 2.21. The predicted molar refractivity (Wildman–Crippen MR) is 64.5 cm³/mol. The maximum Gasteiger partial charge on any atom is 0.508 e. The quantitative estimate of drug-likeness (QED) is 0.726. The molecule has 0 bridgehead atoms. The molecule has 18 heavy (non-hydrogen) atoms. The molecule has 1 aromatic rings. The monoisotopic (exact) mass is 252 g/mol. The van der Waals surface area contributed by atoms with Crippen LogP contribution < -0.4 is 4.74 Å². The molecule has 98 valence electrons. The minimum absolute atomic E-state index is 0.139. The van der Waals surface area contributed by atoms with Gasteiger partial charge in [0.15, 0.2) is 12.7 Å². The fraction of sp³-hybridized carbons (Fsp3) is 0.385. The Bertz CT molecular complexity index is 388. The number of hydrogen-bond acceptors (Lipinski definition) is 5. The van der Waals surface area contributed by atoms with Crippen LogP contribution >= 0.6 is 0 Å². The third-order valence-corrected chi connectivity index (χ3v) is 2.26. The molecular formula is C13H16O5. The van der Waals surface area contributed by atoms with Gasteiger partial charge in [-0.25, -0.2) is 4.79 Å². The Morgan fingerprint density at radius 3 is 2.44 bits per heavy atom. The van der Waals surface area contributed by atoms with Crippen LogP contribution in [0.1, 0.15) is 13.3 Å². The van der Waals surface area contributed by atoms with E-state index in [4.69, 9.17) is 9.47 Å². The van der Waals surface area contributed by atoms with Crippen molar-refractivity contribution in [1.82, 2.24) is 0 Å². The maximum absolute atomic E-state index is 11.7. The fourth-order valence-electron chi connectivity index (χ4n) is 1.31. The molecule has 0 aliphatic heterocycles. The molecule has 0 heterocycles. The maximum atomic E-state index is 11.7. The van der Waals surface area contributed by atoms with Crippen LogP contribution in [0.3, 0.4) is 0 Å². The van der Waals surface area contributed by atoms with Crippen molar-refractivity contribution < 1.29 is 23.8 Å². The van der Waals surface area contributed by atoms with Gasteiger partial charge in [0, 0.05) is 0 Å². The van der Waals surface area contributed by atoms with Crippen molar-refractivity contribution in [3.8, 4) is 5.75 Å². The lowest BCUT2D eigenvalue weighted by Crippen LogP contribution is -2.30. The standard InChI is InChI=1S/C13H16O5/c1-3-12(18-13(15)16-2)11(14)9-17-10-7-5-4-6-8-10/h4-8,12H,3,9H2,1-2H3. The van der Waals surface area contributed by atoms with Gasteiger partial charge in [0.1, 0.15) is 5.75 Å². The van der Waals surface area contributed by atoms with E-state index in [1.165, 1.54) is 7.11 Å². The number of para-hydroxylation sites is 1. The summed E-state index contributed by atoms with van der Waals surface area (Å²) in [5, 5.41) is 0. The number of ketones is 1. The lowest BCUT2D eigenvalue weighted by molar-refractivity contribution is -0.130. The van der Waals surface area contributed by atoms with E-state index in [1.54, 1.807) is 19.1 Å². The van der Waals surface area contributed by atoms with Gasteiger partial charge >= 0.3 is 6.16 Å². The molecule has 0 fully saturated rings. The van der Waals surface area contributed by atoms with Gasteiger partial charge in [-0.3, -0.25) is 4.79 Å². The summed E-state index contributed by atoms with van der Waals surface area (Å²) in [6.07, 6.45) is -1.32.